The highest BCUT2D eigenvalue weighted by molar-refractivity contribution is 5.92. The maximum absolute atomic E-state index is 12.0. The van der Waals surface area contributed by atoms with Crippen LogP contribution in [0.15, 0.2) is 36.5 Å². The van der Waals surface area contributed by atoms with Gasteiger partial charge in [0.15, 0.2) is 6.73 Å². The Hall–Kier alpha value is -2.30. The van der Waals surface area contributed by atoms with Crippen molar-refractivity contribution in [2.24, 2.45) is 0 Å². The second-order valence-electron chi connectivity index (χ2n) is 6.55. The van der Waals surface area contributed by atoms with Crippen molar-refractivity contribution >= 4 is 5.91 Å². The highest BCUT2D eigenvalue weighted by atomic mass is 16.5. The van der Waals surface area contributed by atoms with Gasteiger partial charge in [0, 0.05) is 12.7 Å². The summed E-state index contributed by atoms with van der Waals surface area (Å²) < 4.78 is 7.34. The lowest BCUT2D eigenvalue weighted by atomic mass is 10.0. The van der Waals surface area contributed by atoms with Gasteiger partial charge in [0.1, 0.15) is 11.4 Å². The molecule has 0 saturated heterocycles. The number of carbonyl (C=O) groups is 1. The summed E-state index contributed by atoms with van der Waals surface area (Å²) in [6.07, 6.45) is 6.32. The summed E-state index contributed by atoms with van der Waals surface area (Å²) in [5.74, 6) is 1.17. The Labute approximate surface area is 150 Å². The molecule has 1 N–H and O–H groups in total. The third-order valence-electron chi connectivity index (χ3n) is 4.10. The molecule has 5 heteroatoms. The van der Waals surface area contributed by atoms with Crippen LogP contribution in [-0.2, 0) is 6.73 Å². The largest absolute Gasteiger partial charge is 0.471 e. The van der Waals surface area contributed by atoms with E-state index in [1.165, 1.54) is 18.4 Å². The Morgan fingerprint density at radius 1 is 1.16 bits per heavy atom. The van der Waals surface area contributed by atoms with E-state index in [4.69, 9.17) is 4.74 Å². The highest BCUT2D eigenvalue weighted by Crippen LogP contribution is 2.18. The van der Waals surface area contributed by atoms with Gasteiger partial charge in [-0.05, 0) is 36.1 Å². The minimum atomic E-state index is -0.128. The van der Waals surface area contributed by atoms with Crippen molar-refractivity contribution in [3.05, 3.63) is 47.8 Å². The molecule has 5 nitrogen and oxygen atoms in total. The van der Waals surface area contributed by atoms with E-state index in [9.17, 15) is 4.79 Å². The summed E-state index contributed by atoms with van der Waals surface area (Å²) in [6.45, 7) is 7.48. The number of rotatable bonds is 10. The minimum absolute atomic E-state index is 0.128. The van der Waals surface area contributed by atoms with Gasteiger partial charge in [0.05, 0.1) is 0 Å². The maximum Gasteiger partial charge on any atom is 0.271 e. The number of aromatic nitrogens is 2. The molecule has 0 spiro atoms. The molecule has 25 heavy (non-hydrogen) atoms. The maximum atomic E-state index is 12.0. The summed E-state index contributed by atoms with van der Waals surface area (Å²) >= 11 is 0. The van der Waals surface area contributed by atoms with Crippen molar-refractivity contribution in [2.75, 3.05) is 6.54 Å². The van der Waals surface area contributed by atoms with Crippen LogP contribution in [0.2, 0.25) is 0 Å². The SMILES string of the molecule is CCCCCCNC(=O)c1ccn(COc2ccc(C(C)C)cc2)n1. The van der Waals surface area contributed by atoms with Crippen molar-refractivity contribution < 1.29 is 9.53 Å². The predicted octanol–water partition coefficient (Wildman–Crippen LogP) is 4.35. The molecule has 0 atom stereocenters. The van der Waals surface area contributed by atoms with Crippen molar-refractivity contribution in [3.63, 3.8) is 0 Å². The lowest BCUT2D eigenvalue weighted by molar-refractivity contribution is 0.0946. The zero-order chi connectivity index (χ0) is 18.1. The fourth-order valence-electron chi connectivity index (χ4n) is 2.49. The molecular formula is C20H29N3O2. The quantitative estimate of drug-likeness (QED) is 0.652. The van der Waals surface area contributed by atoms with E-state index in [1.807, 2.05) is 12.1 Å². The Morgan fingerprint density at radius 2 is 1.92 bits per heavy atom. The van der Waals surface area contributed by atoms with Gasteiger partial charge in [-0.1, -0.05) is 52.2 Å². The molecule has 0 bridgehead atoms. The zero-order valence-electron chi connectivity index (χ0n) is 15.5. The Balaban J connectivity index is 1.77. The third-order valence-corrected chi connectivity index (χ3v) is 4.10. The molecule has 136 valence electrons. The standard InChI is InChI=1S/C20H29N3O2/c1-4-5-6-7-13-21-20(24)19-12-14-23(22-19)15-25-18-10-8-17(9-11-18)16(2)3/h8-12,14,16H,4-7,13,15H2,1-3H3,(H,21,24). The number of carbonyl (C=O) groups excluding carboxylic acids is 1. The predicted molar refractivity (Wildman–Crippen MR) is 99.9 cm³/mol. The van der Waals surface area contributed by atoms with Gasteiger partial charge in [-0.3, -0.25) is 4.79 Å². The molecule has 1 aromatic heterocycles. The number of amides is 1. The molecule has 0 radical (unpaired) electrons. The van der Waals surface area contributed by atoms with Crippen LogP contribution in [0.3, 0.4) is 0 Å². The first kappa shape index (κ1) is 19.0. The summed E-state index contributed by atoms with van der Waals surface area (Å²) in [5.41, 5.74) is 1.71. The average Bonchev–Trinajstić information content (AvgIpc) is 3.09. The van der Waals surface area contributed by atoms with Crippen LogP contribution in [-0.4, -0.2) is 22.2 Å². The fraction of sp³-hybridized carbons (Fsp3) is 0.500. The fourth-order valence-corrected chi connectivity index (χ4v) is 2.49. The van der Waals surface area contributed by atoms with E-state index >= 15 is 0 Å². The van der Waals surface area contributed by atoms with Crippen LogP contribution in [0.25, 0.3) is 0 Å². The summed E-state index contributed by atoms with van der Waals surface area (Å²) in [5, 5.41) is 7.17. The smallest absolute Gasteiger partial charge is 0.271 e. The number of unbranched alkanes of at least 4 members (excludes halogenated alkanes) is 3. The first-order valence-corrected chi connectivity index (χ1v) is 9.14. The van der Waals surface area contributed by atoms with Gasteiger partial charge in [-0.15, -0.1) is 0 Å². The van der Waals surface area contributed by atoms with E-state index in [1.54, 1.807) is 16.9 Å². The van der Waals surface area contributed by atoms with Crippen LogP contribution in [0.5, 0.6) is 5.75 Å². The topological polar surface area (TPSA) is 56.2 Å². The molecule has 0 fully saturated rings. The molecule has 0 aliphatic carbocycles. The lowest BCUT2D eigenvalue weighted by Crippen LogP contribution is -2.25. The van der Waals surface area contributed by atoms with Gasteiger partial charge < -0.3 is 10.1 Å². The molecule has 1 heterocycles. The van der Waals surface area contributed by atoms with Crippen LogP contribution in [0, 0.1) is 0 Å². The minimum Gasteiger partial charge on any atom is -0.471 e. The molecule has 0 unspecified atom stereocenters. The average molecular weight is 343 g/mol. The Bertz CT molecular complexity index is 647. The molecule has 0 saturated carbocycles. The van der Waals surface area contributed by atoms with Crippen molar-refractivity contribution in [1.29, 1.82) is 0 Å². The Kier molecular flexibility index (Phi) is 7.51. The lowest BCUT2D eigenvalue weighted by Gasteiger charge is -2.09. The van der Waals surface area contributed by atoms with Crippen LogP contribution >= 0.6 is 0 Å². The number of nitrogens with one attached hydrogen (secondary N) is 1. The molecule has 2 aromatic rings. The third kappa shape index (κ3) is 6.25. The molecule has 0 aliphatic heterocycles. The van der Waals surface area contributed by atoms with E-state index in [2.05, 4.69) is 43.3 Å². The van der Waals surface area contributed by atoms with Gasteiger partial charge in [-0.25, -0.2) is 4.68 Å². The van der Waals surface area contributed by atoms with Gasteiger partial charge in [-0.2, -0.15) is 5.10 Å². The van der Waals surface area contributed by atoms with Crippen molar-refractivity contribution in [3.8, 4) is 5.75 Å². The molecule has 0 aliphatic rings. The molecule has 2 rings (SSSR count). The van der Waals surface area contributed by atoms with Crippen molar-refractivity contribution in [2.45, 2.75) is 59.1 Å². The number of ether oxygens (including phenoxy) is 1. The first-order valence-electron chi connectivity index (χ1n) is 9.14. The molecule has 1 aromatic carbocycles. The van der Waals surface area contributed by atoms with E-state index in [0.29, 0.717) is 18.2 Å². The van der Waals surface area contributed by atoms with E-state index in [0.717, 1.165) is 18.6 Å². The van der Waals surface area contributed by atoms with Crippen LogP contribution in [0.1, 0.15) is 68.4 Å². The summed E-state index contributed by atoms with van der Waals surface area (Å²) in [6, 6.07) is 9.78. The van der Waals surface area contributed by atoms with E-state index in [-0.39, 0.29) is 12.6 Å². The monoisotopic (exact) mass is 343 g/mol. The van der Waals surface area contributed by atoms with Gasteiger partial charge in [0.25, 0.3) is 5.91 Å². The molecular weight excluding hydrogens is 314 g/mol. The second kappa shape index (κ2) is 9.87. The van der Waals surface area contributed by atoms with E-state index < -0.39 is 0 Å². The van der Waals surface area contributed by atoms with Crippen LogP contribution < -0.4 is 10.1 Å². The highest BCUT2D eigenvalue weighted by Gasteiger charge is 2.09. The number of nitrogens with zero attached hydrogens (tertiary/aromatic N) is 2. The summed E-state index contributed by atoms with van der Waals surface area (Å²) in [7, 11) is 0. The van der Waals surface area contributed by atoms with Gasteiger partial charge in [0.2, 0.25) is 0 Å². The van der Waals surface area contributed by atoms with Crippen molar-refractivity contribution in [1.82, 2.24) is 15.1 Å². The number of benzene rings is 1. The second-order valence-corrected chi connectivity index (χ2v) is 6.55. The number of hydrogen-bond donors (Lipinski definition) is 1. The zero-order valence-corrected chi connectivity index (χ0v) is 15.5. The van der Waals surface area contributed by atoms with Crippen LogP contribution in [0.4, 0.5) is 0 Å². The summed E-state index contributed by atoms with van der Waals surface area (Å²) in [4.78, 5) is 12.0. The Morgan fingerprint density at radius 3 is 2.60 bits per heavy atom. The molecule has 1 amide bonds. The first-order chi connectivity index (χ1) is 12.1. The normalized spacial score (nSPS) is 10.9. The van der Waals surface area contributed by atoms with Gasteiger partial charge >= 0.3 is 0 Å². The number of hydrogen-bond acceptors (Lipinski definition) is 3.